The molecule has 2 rings (SSSR count). The molecule has 5 heteroatoms. The van der Waals surface area contributed by atoms with E-state index in [1.54, 1.807) is 4.57 Å². The van der Waals surface area contributed by atoms with Gasteiger partial charge in [-0.1, -0.05) is 47.9 Å². The maximum atomic E-state index is 12.4. The number of nitrogens with zero attached hydrogens (tertiary/aromatic N) is 1. The molecule has 0 radical (unpaired) electrons. The Hall–Kier alpha value is -2.59. The second-order valence-electron chi connectivity index (χ2n) is 7.57. The SMILES string of the molecule is CCCn1cc(C(=O)O)c(=O)cc1/C(C)=C(\Cl)C(=C(C)C)c1cc(C)ccc1C. The van der Waals surface area contributed by atoms with Crippen LogP contribution in [0.4, 0.5) is 0 Å². The molecule has 0 amide bonds. The molecule has 0 spiro atoms. The zero-order valence-electron chi connectivity index (χ0n) is 17.9. The first-order valence-electron chi connectivity index (χ1n) is 9.68. The number of carboxylic acid groups (broad SMARTS) is 1. The van der Waals surface area contributed by atoms with Crippen molar-refractivity contribution in [1.82, 2.24) is 4.57 Å². The molecule has 0 unspecified atom stereocenters. The molecule has 0 aliphatic heterocycles. The summed E-state index contributed by atoms with van der Waals surface area (Å²) >= 11 is 6.90. The molecule has 4 nitrogen and oxygen atoms in total. The van der Waals surface area contributed by atoms with E-state index in [9.17, 15) is 14.7 Å². The van der Waals surface area contributed by atoms with Gasteiger partial charge in [-0.3, -0.25) is 4.79 Å². The van der Waals surface area contributed by atoms with Gasteiger partial charge in [0.1, 0.15) is 5.56 Å². The van der Waals surface area contributed by atoms with Gasteiger partial charge in [-0.2, -0.15) is 0 Å². The van der Waals surface area contributed by atoms with Crippen LogP contribution in [-0.4, -0.2) is 15.6 Å². The van der Waals surface area contributed by atoms with Crippen molar-refractivity contribution in [3.8, 4) is 0 Å². The van der Waals surface area contributed by atoms with Crippen LogP contribution in [0.3, 0.4) is 0 Å². The minimum absolute atomic E-state index is 0.233. The summed E-state index contributed by atoms with van der Waals surface area (Å²) in [6.45, 7) is 12.6. The molecule has 0 aliphatic carbocycles. The van der Waals surface area contributed by atoms with Crippen LogP contribution in [0.2, 0.25) is 0 Å². The molecule has 1 heterocycles. The van der Waals surface area contributed by atoms with E-state index < -0.39 is 11.4 Å². The van der Waals surface area contributed by atoms with Crippen molar-refractivity contribution in [2.24, 2.45) is 0 Å². The number of pyridine rings is 1. The number of hydrogen-bond acceptors (Lipinski definition) is 2. The van der Waals surface area contributed by atoms with E-state index in [1.807, 2.05) is 41.5 Å². The van der Waals surface area contributed by atoms with E-state index in [2.05, 4.69) is 18.2 Å². The second kappa shape index (κ2) is 9.27. The Kier molecular flexibility index (Phi) is 7.26. The van der Waals surface area contributed by atoms with E-state index in [0.29, 0.717) is 17.3 Å². The standard InChI is InChI=1S/C24H28ClNO3/c1-7-10-26-13-19(24(28)29)21(27)12-20(26)17(6)23(25)22(14(2)3)18-11-15(4)8-9-16(18)5/h8-9,11-13H,7,10H2,1-6H3,(H,28,29)/b23-17-. The number of rotatable bonds is 6. The summed E-state index contributed by atoms with van der Waals surface area (Å²) in [5, 5.41) is 9.87. The first-order valence-corrected chi connectivity index (χ1v) is 10.1. The predicted octanol–water partition coefficient (Wildman–Crippen LogP) is 6.04. The molecular weight excluding hydrogens is 386 g/mol. The van der Waals surface area contributed by atoms with Gasteiger partial charge in [0, 0.05) is 24.5 Å². The van der Waals surface area contributed by atoms with E-state index >= 15 is 0 Å². The van der Waals surface area contributed by atoms with Crippen LogP contribution in [0.15, 0.2) is 45.9 Å². The smallest absolute Gasteiger partial charge is 0.341 e. The largest absolute Gasteiger partial charge is 0.477 e. The lowest BCUT2D eigenvalue weighted by Gasteiger charge is -2.19. The molecule has 0 aliphatic rings. The highest BCUT2D eigenvalue weighted by molar-refractivity contribution is 6.40. The van der Waals surface area contributed by atoms with Gasteiger partial charge in [0.15, 0.2) is 5.43 Å². The van der Waals surface area contributed by atoms with Gasteiger partial charge in [0.05, 0.1) is 5.03 Å². The maximum Gasteiger partial charge on any atom is 0.341 e. The van der Waals surface area contributed by atoms with Crippen molar-refractivity contribution in [3.63, 3.8) is 0 Å². The Labute approximate surface area is 177 Å². The predicted molar refractivity (Wildman–Crippen MR) is 121 cm³/mol. The highest BCUT2D eigenvalue weighted by Crippen LogP contribution is 2.36. The average Bonchev–Trinajstić information content (AvgIpc) is 2.64. The van der Waals surface area contributed by atoms with Gasteiger partial charge in [0.25, 0.3) is 0 Å². The number of aromatic nitrogens is 1. The lowest BCUT2D eigenvalue weighted by molar-refractivity contribution is 0.0694. The Morgan fingerprint density at radius 1 is 1.10 bits per heavy atom. The van der Waals surface area contributed by atoms with E-state index in [4.69, 9.17) is 11.6 Å². The van der Waals surface area contributed by atoms with Crippen molar-refractivity contribution >= 4 is 28.7 Å². The minimum Gasteiger partial charge on any atom is -0.477 e. The Morgan fingerprint density at radius 3 is 2.31 bits per heavy atom. The zero-order valence-corrected chi connectivity index (χ0v) is 18.6. The highest BCUT2D eigenvalue weighted by Gasteiger charge is 2.18. The van der Waals surface area contributed by atoms with Crippen molar-refractivity contribution in [1.29, 1.82) is 0 Å². The number of allylic oxidation sites excluding steroid dienone is 4. The summed E-state index contributed by atoms with van der Waals surface area (Å²) < 4.78 is 1.80. The van der Waals surface area contributed by atoms with Gasteiger partial charge >= 0.3 is 5.97 Å². The number of aromatic carboxylic acids is 1. The second-order valence-corrected chi connectivity index (χ2v) is 7.95. The van der Waals surface area contributed by atoms with Crippen LogP contribution in [0.1, 0.15) is 66.9 Å². The Morgan fingerprint density at radius 2 is 1.76 bits per heavy atom. The van der Waals surface area contributed by atoms with Crippen molar-refractivity contribution in [2.45, 2.75) is 54.5 Å². The van der Waals surface area contributed by atoms with E-state index in [-0.39, 0.29) is 5.56 Å². The quantitative estimate of drug-likeness (QED) is 0.587. The Bertz CT molecular complexity index is 1070. The van der Waals surface area contributed by atoms with Crippen LogP contribution in [-0.2, 0) is 6.54 Å². The molecule has 0 saturated carbocycles. The monoisotopic (exact) mass is 413 g/mol. The zero-order chi connectivity index (χ0) is 21.9. The fraction of sp³-hybridized carbons (Fsp3) is 0.333. The normalized spacial score (nSPS) is 11.8. The first kappa shape index (κ1) is 22.7. The highest BCUT2D eigenvalue weighted by atomic mass is 35.5. The topological polar surface area (TPSA) is 59.3 Å². The summed E-state index contributed by atoms with van der Waals surface area (Å²) in [5.74, 6) is -1.22. The molecule has 1 aromatic heterocycles. The number of benzene rings is 1. The van der Waals surface area contributed by atoms with Gasteiger partial charge in [-0.15, -0.1) is 0 Å². The van der Waals surface area contributed by atoms with Crippen LogP contribution in [0, 0.1) is 13.8 Å². The van der Waals surface area contributed by atoms with E-state index in [0.717, 1.165) is 39.8 Å². The average molecular weight is 414 g/mol. The van der Waals surface area contributed by atoms with Crippen molar-refractivity contribution < 1.29 is 9.90 Å². The summed E-state index contributed by atoms with van der Waals surface area (Å²) in [7, 11) is 0. The van der Waals surface area contributed by atoms with Gasteiger partial charge in [-0.25, -0.2) is 4.79 Å². The molecule has 0 saturated heterocycles. The number of aryl methyl sites for hydroxylation is 3. The number of carboxylic acids is 1. The van der Waals surface area contributed by atoms with Crippen molar-refractivity contribution in [2.75, 3.05) is 0 Å². The van der Waals surface area contributed by atoms with Crippen LogP contribution in [0.25, 0.3) is 11.1 Å². The molecule has 1 N–H and O–H groups in total. The molecule has 1 aromatic carbocycles. The lowest BCUT2D eigenvalue weighted by Crippen LogP contribution is -2.20. The molecule has 29 heavy (non-hydrogen) atoms. The van der Waals surface area contributed by atoms with Crippen LogP contribution >= 0.6 is 11.6 Å². The molecule has 0 fully saturated rings. The van der Waals surface area contributed by atoms with Gasteiger partial charge in [-0.05, 0) is 63.3 Å². The number of carbonyl (C=O) groups is 1. The van der Waals surface area contributed by atoms with Crippen LogP contribution in [0.5, 0.6) is 0 Å². The lowest BCUT2D eigenvalue weighted by atomic mass is 9.93. The third-order valence-corrected chi connectivity index (χ3v) is 5.39. The number of halogens is 1. The summed E-state index contributed by atoms with van der Waals surface area (Å²) in [6, 6.07) is 7.62. The fourth-order valence-electron chi connectivity index (χ4n) is 3.40. The molecule has 154 valence electrons. The maximum absolute atomic E-state index is 12.4. The summed E-state index contributed by atoms with van der Waals surface area (Å²) in [4.78, 5) is 23.8. The number of hydrogen-bond donors (Lipinski definition) is 1. The third kappa shape index (κ3) is 4.88. The molecular formula is C24H28ClNO3. The van der Waals surface area contributed by atoms with Gasteiger partial charge < -0.3 is 9.67 Å². The Balaban J connectivity index is 2.78. The summed E-state index contributed by atoms with van der Waals surface area (Å²) in [6.07, 6.45) is 2.21. The van der Waals surface area contributed by atoms with Crippen LogP contribution < -0.4 is 5.43 Å². The van der Waals surface area contributed by atoms with Gasteiger partial charge in [0.2, 0.25) is 0 Å². The first-order chi connectivity index (χ1) is 13.6. The van der Waals surface area contributed by atoms with Crippen molar-refractivity contribution in [3.05, 3.63) is 79.2 Å². The molecule has 0 atom stereocenters. The molecule has 0 bridgehead atoms. The molecule has 2 aromatic rings. The summed E-state index contributed by atoms with van der Waals surface area (Å²) in [5.41, 5.74) is 5.93. The minimum atomic E-state index is -1.22. The fourth-order valence-corrected chi connectivity index (χ4v) is 3.78. The van der Waals surface area contributed by atoms with E-state index in [1.165, 1.54) is 12.3 Å². The third-order valence-electron chi connectivity index (χ3n) is 4.92.